The van der Waals surface area contributed by atoms with Crippen LogP contribution in [0.25, 0.3) is 0 Å². The average molecular weight is 275 g/mol. The molecule has 1 N–H and O–H groups in total. The maximum atomic E-state index is 5.35. The van der Waals surface area contributed by atoms with Gasteiger partial charge in [0.05, 0.1) is 12.1 Å². The summed E-state index contributed by atoms with van der Waals surface area (Å²) < 4.78 is 7.31. The summed E-state index contributed by atoms with van der Waals surface area (Å²) in [6.07, 6.45) is 6.15. The summed E-state index contributed by atoms with van der Waals surface area (Å²) in [4.78, 5) is 4.48. The SMILES string of the molecule is C[C@H](N[C@H](C)[C@@H](C)n1cccn1)c1nc(C2CC2)no1. The standard InChI is InChI=1S/C14H21N5O/c1-9(11(3)19-8-4-7-15-19)16-10(2)14-17-13(18-20-14)12-5-6-12/h4,7-12,16H,5-6H2,1-3H3/t9-,10+,11-/m1/s1. The first-order valence-corrected chi connectivity index (χ1v) is 7.24. The van der Waals surface area contributed by atoms with Gasteiger partial charge in [-0.25, -0.2) is 0 Å². The molecule has 20 heavy (non-hydrogen) atoms. The molecule has 0 aliphatic heterocycles. The Morgan fingerprint density at radius 2 is 2.15 bits per heavy atom. The lowest BCUT2D eigenvalue weighted by Gasteiger charge is -2.24. The van der Waals surface area contributed by atoms with E-state index in [1.54, 1.807) is 6.20 Å². The highest BCUT2D eigenvalue weighted by molar-refractivity contribution is 5.04. The molecule has 108 valence electrons. The molecule has 3 atom stereocenters. The van der Waals surface area contributed by atoms with Crippen LogP contribution in [-0.2, 0) is 0 Å². The molecule has 0 saturated heterocycles. The van der Waals surface area contributed by atoms with Gasteiger partial charge in [-0.1, -0.05) is 5.16 Å². The largest absolute Gasteiger partial charge is 0.338 e. The second-order valence-electron chi connectivity index (χ2n) is 5.67. The zero-order valence-electron chi connectivity index (χ0n) is 12.2. The van der Waals surface area contributed by atoms with Gasteiger partial charge in [-0.3, -0.25) is 4.68 Å². The fourth-order valence-corrected chi connectivity index (χ4v) is 2.29. The van der Waals surface area contributed by atoms with Gasteiger partial charge >= 0.3 is 0 Å². The predicted octanol–water partition coefficient (Wildman–Crippen LogP) is 2.44. The molecule has 0 aromatic carbocycles. The van der Waals surface area contributed by atoms with Crippen molar-refractivity contribution in [1.82, 2.24) is 25.2 Å². The smallest absolute Gasteiger partial charge is 0.243 e. The molecule has 2 aromatic heterocycles. The molecule has 1 saturated carbocycles. The van der Waals surface area contributed by atoms with Crippen molar-refractivity contribution >= 4 is 0 Å². The number of rotatable bonds is 6. The van der Waals surface area contributed by atoms with E-state index in [0.29, 0.717) is 11.8 Å². The van der Waals surface area contributed by atoms with E-state index in [1.165, 1.54) is 12.8 Å². The summed E-state index contributed by atoms with van der Waals surface area (Å²) >= 11 is 0. The number of hydrogen-bond donors (Lipinski definition) is 1. The quantitative estimate of drug-likeness (QED) is 0.877. The van der Waals surface area contributed by atoms with E-state index in [2.05, 4.69) is 41.3 Å². The molecule has 0 bridgehead atoms. The third kappa shape index (κ3) is 2.75. The highest BCUT2D eigenvalue weighted by Crippen LogP contribution is 2.38. The van der Waals surface area contributed by atoms with E-state index in [1.807, 2.05) is 16.9 Å². The predicted molar refractivity (Wildman–Crippen MR) is 74.2 cm³/mol. The number of nitrogens with one attached hydrogen (secondary N) is 1. The minimum Gasteiger partial charge on any atom is -0.338 e. The Bertz CT molecular complexity index is 546. The van der Waals surface area contributed by atoms with Gasteiger partial charge in [0.15, 0.2) is 5.82 Å². The van der Waals surface area contributed by atoms with Gasteiger partial charge < -0.3 is 9.84 Å². The van der Waals surface area contributed by atoms with Crippen LogP contribution in [0.5, 0.6) is 0 Å². The normalized spacial score (nSPS) is 19.8. The Morgan fingerprint density at radius 3 is 2.80 bits per heavy atom. The number of nitrogens with zero attached hydrogens (tertiary/aromatic N) is 4. The minimum absolute atomic E-state index is 0.0445. The molecule has 0 radical (unpaired) electrons. The van der Waals surface area contributed by atoms with E-state index in [0.717, 1.165) is 5.82 Å². The van der Waals surface area contributed by atoms with E-state index >= 15 is 0 Å². The van der Waals surface area contributed by atoms with Crippen molar-refractivity contribution in [2.24, 2.45) is 0 Å². The van der Waals surface area contributed by atoms with Crippen molar-refractivity contribution in [1.29, 1.82) is 0 Å². The minimum atomic E-state index is 0.0445. The lowest BCUT2D eigenvalue weighted by molar-refractivity contribution is 0.291. The second-order valence-corrected chi connectivity index (χ2v) is 5.67. The van der Waals surface area contributed by atoms with E-state index in [-0.39, 0.29) is 18.1 Å². The van der Waals surface area contributed by atoms with Crippen LogP contribution in [0.1, 0.15) is 63.3 Å². The molecule has 1 aliphatic carbocycles. The van der Waals surface area contributed by atoms with Crippen molar-refractivity contribution < 1.29 is 4.52 Å². The molecule has 2 heterocycles. The van der Waals surface area contributed by atoms with Gasteiger partial charge in [0.25, 0.3) is 0 Å². The topological polar surface area (TPSA) is 68.8 Å². The first kappa shape index (κ1) is 13.3. The fourth-order valence-electron chi connectivity index (χ4n) is 2.29. The van der Waals surface area contributed by atoms with Crippen molar-refractivity contribution in [3.8, 4) is 0 Å². The van der Waals surface area contributed by atoms with Gasteiger partial charge in [-0.15, -0.1) is 0 Å². The monoisotopic (exact) mass is 275 g/mol. The van der Waals surface area contributed by atoms with Crippen LogP contribution in [0.3, 0.4) is 0 Å². The fraction of sp³-hybridized carbons (Fsp3) is 0.643. The second kappa shape index (κ2) is 5.36. The summed E-state index contributed by atoms with van der Waals surface area (Å²) in [5.41, 5.74) is 0. The Kier molecular flexibility index (Phi) is 3.56. The molecule has 1 aliphatic rings. The third-order valence-electron chi connectivity index (χ3n) is 3.95. The summed E-state index contributed by atoms with van der Waals surface area (Å²) in [7, 11) is 0. The van der Waals surface area contributed by atoms with Crippen LogP contribution >= 0.6 is 0 Å². The van der Waals surface area contributed by atoms with Crippen LogP contribution in [0.4, 0.5) is 0 Å². The molecule has 0 unspecified atom stereocenters. The van der Waals surface area contributed by atoms with Gasteiger partial charge in [-0.2, -0.15) is 10.1 Å². The van der Waals surface area contributed by atoms with Crippen molar-refractivity contribution in [2.75, 3.05) is 0 Å². The zero-order chi connectivity index (χ0) is 14.1. The molecular weight excluding hydrogens is 254 g/mol. The Hall–Kier alpha value is -1.69. The lowest BCUT2D eigenvalue weighted by Crippen LogP contribution is -2.35. The van der Waals surface area contributed by atoms with Crippen molar-refractivity contribution in [2.45, 2.75) is 57.7 Å². The average Bonchev–Trinajstić information content (AvgIpc) is 2.97. The molecular formula is C14H21N5O. The first-order chi connectivity index (χ1) is 9.65. The molecule has 0 amide bonds. The summed E-state index contributed by atoms with van der Waals surface area (Å²) in [5, 5.41) is 11.8. The summed E-state index contributed by atoms with van der Waals surface area (Å²) in [5.74, 6) is 2.06. The van der Waals surface area contributed by atoms with Crippen LogP contribution in [0.2, 0.25) is 0 Å². The van der Waals surface area contributed by atoms with Crippen molar-refractivity contribution in [3.63, 3.8) is 0 Å². The van der Waals surface area contributed by atoms with Crippen molar-refractivity contribution in [3.05, 3.63) is 30.2 Å². The lowest BCUT2D eigenvalue weighted by atomic mass is 10.1. The van der Waals surface area contributed by atoms with Crippen LogP contribution in [0, 0.1) is 0 Å². The Morgan fingerprint density at radius 1 is 1.35 bits per heavy atom. The first-order valence-electron chi connectivity index (χ1n) is 7.24. The maximum absolute atomic E-state index is 5.35. The molecule has 2 aromatic rings. The Labute approximate surface area is 118 Å². The third-order valence-corrected chi connectivity index (χ3v) is 3.95. The van der Waals surface area contributed by atoms with E-state index in [4.69, 9.17) is 4.52 Å². The molecule has 6 nitrogen and oxygen atoms in total. The number of hydrogen-bond acceptors (Lipinski definition) is 5. The summed E-state index contributed by atoms with van der Waals surface area (Å²) in [6, 6.07) is 2.49. The number of aromatic nitrogens is 4. The Balaban J connectivity index is 1.60. The molecule has 0 spiro atoms. The van der Waals surface area contributed by atoms with E-state index in [9.17, 15) is 0 Å². The van der Waals surface area contributed by atoms with Crippen LogP contribution in [-0.4, -0.2) is 26.0 Å². The zero-order valence-corrected chi connectivity index (χ0v) is 12.2. The highest BCUT2D eigenvalue weighted by Gasteiger charge is 2.30. The van der Waals surface area contributed by atoms with Gasteiger partial charge in [0, 0.05) is 24.4 Å². The van der Waals surface area contributed by atoms with Crippen LogP contribution in [0.15, 0.2) is 23.0 Å². The summed E-state index contributed by atoms with van der Waals surface area (Å²) in [6.45, 7) is 6.33. The highest BCUT2D eigenvalue weighted by atomic mass is 16.5. The van der Waals surface area contributed by atoms with Gasteiger partial charge in [-0.05, 0) is 39.7 Å². The molecule has 6 heteroatoms. The maximum Gasteiger partial charge on any atom is 0.243 e. The van der Waals surface area contributed by atoms with Gasteiger partial charge in [0.1, 0.15) is 0 Å². The molecule has 3 rings (SSSR count). The van der Waals surface area contributed by atoms with Crippen LogP contribution < -0.4 is 5.32 Å². The van der Waals surface area contributed by atoms with E-state index < -0.39 is 0 Å². The molecule has 1 fully saturated rings. The van der Waals surface area contributed by atoms with Gasteiger partial charge in [0.2, 0.25) is 5.89 Å².